The highest BCUT2D eigenvalue weighted by atomic mass is 16.1. The third kappa shape index (κ3) is 1.27. The number of carbonyl (C=O) groups is 1. The maximum atomic E-state index is 11.5. The molecule has 2 aliphatic rings. The van der Waals surface area contributed by atoms with Crippen LogP contribution >= 0.6 is 0 Å². The minimum absolute atomic E-state index is 0.266. The third-order valence-corrected chi connectivity index (χ3v) is 3.65. The summed E-state index contributed by atoms with van der Waals surface area (Å²) in [6.07, 6.45) is 7.21. The van der Waals surface area contributed by atoms with Crippen molar-refractivity contribution in [2.24, 2.45) is 17.8 Å². The van der Waals surface area contributed by atoms with Gasteiger partial charge in [0.15, 0.2) is 5.78 Å². The van der Waals surface area contributed by atoms with Crippen LogP contribution in [-0.4, -0.2) is 5.78 Å². The number of carbonyl (C=O) groups excluding carboxylic acids is 1. The van der Waals surface area contributed by atoms with Gasteiger partial charge in [0.25, 0.3) is 0 Å². The van der Waals surface area contributed by atoms with Gasteiger partial charge in [0.2, 0.25) is 0 Å². The predicted molar refractivity (Wildman–Crippen MR) is 53.3 cm³/mol. The van der Waals surface area contributed by atoms with Gasteiger partial charge in [-0.2, -0.15) is 0 Å². The van der Waals surface area contributed by atoms with Crippen LogP contribution in [0.2, 0.25) is 0 Å². The number of allylic oxidation sites excluding steroid dienone is 3. The SMILES string of the molecule is C=CC(=O)C1C[C@@H]2C[C@H]1CC2=CC. The number of fused-ring (bicyclic) bond motifs is 2. The van der Waals surface area contributed by atoms with Crippen molar-refractivity contribution in [2.75, 3.05) is 0 Å². The second kappa shape index (κ2) is 3.13. The molecule has 0 radical (unpaired) electrons. The van der Waals surface area contributed by atoms with Crippen LogP contribution in [0.1, 0.15) is 26.2 Å². The van der Waals surface area contributed by atoms with Crippen molar-refractivity contribution in [3.8, 4) is 0 Å². The van der Waals surface area contributed by atoms with E-state index in [9.17, 15) is 4.79 Å². The van der Waals surface area contributed by atoms with Crippen LogP contribution < -0.4 is 0 Å². The summed E-state index contributed by atoms with van der Waals surface area (Å²) in [4.78, 5) is 11.5. The fourth-order valence-electron chi connectivity index (χ4n) is 2.98. The van der Waals surface area contributed by atoms with Crippen LogP contribution in [0.5, 0.6) is 0 Å². The van der Waals surface area contributed by atoms with Gasteiger partial charge in [0, 0.05) is 5.92 Å². The topological polar surface area (TPSA) is 17.1 Å². The third-order valence-electron chi connectivity index (χ3n) is 3.65. The molecule has 0 aliphatic heterocycles. The molecule has 0 aromatic rings. The maximum absolute atomic E-state index is 11.5. The second-order valence-electron chi connectivity index (χ2n) is 4.21. The standard InChI is InChI=1S/C12H16O/c1-3-8-5-10-6-9(8)7-11(10)12(13)4-2/h3-4,9-11H,2,5-7H2,1H3/t9-,10+,11?/m0/s1. The fourth-order valence-corrected chi connectivity index (χ4v) is 2.98. The molecule has 0 aromatic carbocycles. The highest BCUT2D eigenvalue weighted by Crippen LogP contribution is 2.51. The molecule has 2 rings (SSSR count). The maximum Gasteiger partial charge on any atom is 0.158 e. The zero-order chi connectivity index (χ0) is 9.42. The molecular formula is C12H16O. The average Bonchev–Trinajstić information content (AvgIpc) is 2.74. The zero-order valence-corrected chi connectivity index (χ0v) is 8.12. The molecule has 2 fully saturated rings. The average molecular weight is 176 g/mol. The highest BCUT2D eigenvalue weighted by Gasteiger charge is 2.44. The molecule has 0 heterocycles. The van der Waals surface area contributed by atoms with Gasteiger partial charge < -0.3 is 0 Å². The van der Waals surface area contributed by atoms with E-state index in [2.05, 4.69) is 19.6 Å². The van der Waals surface area contributed by atoms with Crippen molar-refractivity contribution in [1.29, 1.82) is 0 Å². The molecule has 1 unspecified atom stereocenters. The quantitative estimate of drug-likeness (QED) is 0.467. The molecule has 13 heavy (non-hydrogen) atoms. The van der Waals surface area contributed by atoms with E-state index in [4.69, 9.17) is 0 Å². The molecule has 0 saturated heterocycles. The fraction of sp³-hybridized carbons (Fsp3) is 0.583. The Morgan fingerprint density at radius 1 is 1.54 bits per heavy atom. The second-order valence-corrected chi connectivity index (χ2v) is 4.21. The van der Waals surface area contributed by atoms with Crippen LogP contribution in [0.4, 0.5) is 0 Å². The summed E-state index contributed by atoms with van der Waals surface area (Å²) >= 11 is 0. The van der Waals surface area contributed by atoms with Gasteiger partial charge in [-0.25, -0.2) is 0 Å². The van der Waals surface area contributed by atoms with Gasteiger partial charge in [-0.15, -0.1) is 0 Å². The number of hydrogen-bond donors (Lipinski definition) is 0. The van der Waals surface area contributed by atoms with Crippen molar-refractivity contribution in [1.82, 2.24) is 0 Å². The lowest BCUT2D eigenvalue weighted by molar-refractivity contribution is -0.119. The van der Waals surface area contributed by atoms with Gasteiger partial charge >= 0.3 is 0 Å². The van der Waals surface area contributed by atoms with E-state index in [1.807, 2.05) is 0 Å². The van der Waals surface area contributed by atoms with E-state index < -0.39 is 0 Å². The molecule has 2 bridgehead atoms. The molecule has 0 spiro atoms. The zero-order valence-electron chi connectivity index (χ0n) is 8.12. The molecule has 1 nitrogen and oxygen atoms in total. The molecule has 0 aromatic heterocycles. The summed E-state index contributed by atoms with van der Waals surface area (Å²) in [5.41, 5.74) is 1.58. The highest BCUT2D eigenvalue weighted by molar-refractivity contribution is 5.91. The van der Waals surface area contributed by atoms with E-state index in [1.165, 1.54) is 12.5 Å². The summed E-state index contributed by atoms with van der Waals surface area (Å²) in [6.45, 7) is 5.68. The van der Waals surface area contributed by atoms with Crippen LogP contribution in [0, 0.1) is 17.8 Å². The van der Waals surface area contributed by atoms with Crippen molar-refractivity contribution >= 4 is 5.78 Å². The summed E-state index contributed by atoms with van der Waals surface area (Å²) in [7, 11) is 0. The summed E-state index contributed by atoms with van der Waals surface area (Å²) < 4.78 is 0. The van der Waals surface area contributed by atoms with Crippen molar-refractivity contribution < 1.29 is 4.79 Å². The summed E-state index contributed by atoms with van der Waals surface area (Å²) in [5.74, 6) is 1.90. The number of ketones is 1. The van der Waals surface area contributed by atoms with Gasteiger partial charge in [-0.1, -0.05) is 18.2 Å². The molecule has 2 aliphatic carbocycles. The molecule has 3 atom stereocenters. The lowest BCUT2D eigenvalue weighted by Gasteiger charge is -2.20. The Balaban J connectivity index is 2.11. The van der Waals surface area contributed by atoms with Gasteiger partial charge in [0.05, 0.1) is 0 Å². The van der Waals surface area contributed by atoms with Gasteiger partial charge in [0.1, 0.15) is 0 Å². The summed E-state index contributed by atoms with van der Waals surface area (Å²) in [6, 6.07) is 0. The van der Waals surface area contributed by atoms with E-state index in [1.54, 1.807) is 5.57 Å². The molecule has 0 amide bonds. The van der Waals surface area contributed by atoms with Crippen LogP contribution in [0.3, 0.4) is 0 Å². The van der Waals surface area contributed by atoms with Crippen molar-refractivity contribution in [2.45, 2.75) is 26.2 Å². The Bertz CT molecular complexity index is 275. The van der Waals surface area contributed by atoms with Gasteiger partial charge in [-0.3, -0.25) is 4.79 Å². The van der Waals surface area contributed by atoms with E-state index in [0.29, 0.717) is 17.8 Å². The number of rotatable bonds is 2. The predicted octanol–water partition coefficient (Wildman–Crippen LogP) is 2.73. The normalized spacial score (nSPS) is 39.8. The minimum atomic E-state index is 0.266. The van der Waals surface area contributed by atoms with Crippen molar-refractivity contribution in [3.05, 3.63) is 24.3 Å². The van der Waals surface area contributed by atoms with E-state index in [-0.39, 0.29) is 5.78 Å². The smallest absolute Gasteiger partial charge is 0.158 e. The van der Waals surface area contributed by atoms with Crippen LogP contribution in [-0.2, 0) is 4.79 Å². The van der Waals surface area contributed by atoms with E-state index >= 15 is 0 Å². The molecule has 1 heteroatoms. The Morgan fingerprint density at radius 2 is 2.31 bits per heavy atom. The van der Waals surface area contributed by atoms with Gasteiger partial charge in [-0.05, 0) is 44.1 Å². The van der Waals surface area contributed by atoms with Crippen LogP contribution in [0.25, 0.3) is 0 Å². The minimum Gasteiger partial charge on any atom is -0.295 e. The number of hydrogen-bond acceptors (Lipinski definition) is 1. The molecule has 0 N–H and O–H groups in total. The lowest BCUT2D eigenvalue weighted by Crippen LogP contribution is -2.19. The Labute approximate surface area is 79.5 Å². The monoisotopic (exact) mass is 176 g/mol. The van der Waals surface area contributed by atoms with Crippen molar-refractivity contribution in [3.63, 3.8) is 0 Å². The molecular weight excluding hydrogens is 160 g/mol. The largest absolute Gasteiger partial charge is 0.295 e. The molecule has 70 valence electrons. The first-order valence-electron chi connectivity index (χ1n) is 5.07. The van der Waals surface area contributed by atoms with Crippen LogP contribution in [0.15, 0.2) is 24.3 Å². The first-order valence-corrected chi connectivity index (χ1v) is 5.07. The first kappa shape index (κ1) is 8.74. The Hall–Kier alpha value is -0.850. The van der Waals surface area contributed by atoms with E-state index in [0.717, 1.165) is 12.8 Å². The first-order chi connectivity index (χ1) is 6.26. The Kier molecular flexibility index (Phi) is 2.10. The molecule has 2 saturated carbocycles. The summed E-state index contributed by atoms with van der Waals surface area (Å²) in [5, 5.41) is 0. The lowest BCUT2D eigenvalue weighted by atomic mass is 9.83. The Morgan fingerprint density at radius 3 is 2.77 bits per heavy atom.